The van der Waals surface area contributed by atoms with Crippen molar-refractivity contribution in [2.24, 2.45) is 0 Å². The molecule has 1 aliphatic carbocycles. The molecule has 0 atom stereocenters. The van der Waals surface area contributed by atoms with Crippen LogP contribution in [0.4, 0.5) is 0 Å². The number of hydrogen-bond donors (Lipinski definition) is 0. The minimum Gasteiger partial charge on any atom is -0.339 e. The summed E-state index contributed by atoms with van der Waals surface area (Å²) in [6, 6.07) is 2.19. The topological polar surface area (TPSA) is 33.2 Å². The zero-order chi connectivity index (χ0) is 13.8. The lowest BCUT2D eigenvalue weighted by Gasteiger charge is -2.18. The Kier molecular flexibility index (Phi) is 4.34. The number of likely N-dealkylation sites (tertiary alicyclic amines) is 1. The Morgan fingerprint density at radius 2 is 1.65 bits per heavy atom. The van der Waals surface area contributed by atoms with Crippen molar-refractivity contribution in [1.29, 1.82) is 0 Å². The van der Waals surface area contributed by atoms with Gasteiger partial charge in [-0.05, 0) is 50.2 Å². The quantitative estimate of drug-likeness (QED) is 0.785. The van der Waals surface area contributed by atoms with E-state index in [1.165, 1.54) is 43.4 Å². The highest BCUT2D eigenvalue weighted by atomic mass is 16.2. The van der Waals surface area contributed by atoms with Gasteiger partial charge in [0.15, 0.2) is 0 Å². The molecule has 1 fully saturated rings. The van der Waals surface area contributed by atoms with Crippen LogP contribution in [0.3, 0.4) is 0 Å². The molecule has 1 amide bonds. The van der Waals surface area contributed by atoms with Gasteiger partial charge in [0, 0.05) is 25.0 Å². The Morgan fingerprint density at radius 3 is 2.45 bits per heavy atom. The zero-order valence-electron chi connectivity index (χ0n) is 12.2. The molecule has 1 aromatic rings. The first-order valence-electron chi connectivity index (χ1n) is 8.12. The van der Waals surface area contributed by atoms with Crippen LogP contribution in [0.5, 0.6) is 0 Å². The van der Waals surface area contributed by atoms with Gasteiger partial charge in [-0.1, -0.05) is 19.3 Å². The Bertz CT molecular complexity index is 478. The first-order valence-corrected chi connectivity index (χ1v) is 8.12. The summed E-state index contributed by atoms with van der Waals surface area (Å²) in [5.74, 6) is 0.202. The van der Waals surface area contributed by atoms with E-state index < -0.39 is 0 Å². The van der Waals surface area contributed by atoms with Gasteiger partial charge in [0.25, 0.3) is 5.91 Å². The molecule has 3 rings (SSSR count). The Morgan fingerprint density at radius 1 is 0.950 bits per heavy atom. The number of nitrogens with zero attached hydrogens (tertiary/aromatic N) is 2. The average Bonchev–Trinajstić information content (AvgIpc) is 3.00. The van der Waals surface area contributed by atoms with Crippen molar-refractivity contribution < 1.29 is 4.79 Å². The normalized spacial score (nSPS) is 19.9. The van der Waals surface area contributed by atoms with Crippen molar-refractivity contribution >= 4 is 5.91 Å². The van der Waals surface area contributed by atoms with E-state index in [2.05, 4.69) is 11.1 Å². The maximum absolute atomic E-state index is 12.6. The summed E-state index contributed by atoms with van der Waals surface area (Å²) < 4.78 is 0. The lowest BCUT2D eigenvalue weighted by Crippen LogP contribution is -2.28. The van der Waals surface area contributed by atoms with Crippen molar-refractivity contribution in [3.05, 3.63) is 29.1 Å². The smallest absolute Gasteiger partial charge is 0.255 e. The van der Waals surface area contributed by atoms with Crippen LogP contribution >= 0.6 is 0 Å². The van der Waals surface area contributed by atoms with Gasteiger partial charge in [0.2, 0.25) is 0 Å². The SMILES string of the molecule is O=C(c1cnc2cc1CCCCCCC2)N1CCCC1. The number of amides is 1. The predicted molar refractivity (Wildman–Crippen MR) is 79.9 cm³/mol. The predicted octanol–water partition coefficient (Wildman–Crippen LogP) is 3.37. The molecule has 1 aromatic heterocycles. The summed E-state index contributed by atoms with van der Waals surface area (Å²) in [7, 11) is 0. The van der Waals surface area contributed by atoms with Gasteiger partial charge in [0.1, 0.15) is 0 Å². The molecule has 1 saturated heterocycles. The third-order valence-corrected chi connectivity index (χ3v) is 4.55. The van der Waals surface area contributed by atoms with Gasteiger partial charge in [-0.2, -0.15) is 0 Å². The average molecular weight is 272 g/mol. The van der Waals surface area contributed by atoms with Crippen LogP contribution in [0.2, 0.25) is 0 Å². The van der Waals surface area contributed by atoms with Crippen LogP contribution in [0.15, 0.2) is 12.3 Å². The second kappa shape index (κ2) is 6.38. The van der Waals surface area contributed by atoms with Crippen molar-refractivity contribution in [2.45, 2.75) is 57.8 Å². The molecule has 2 aliphatic rings. The number of carbonyl (C=O) groups is 1. The van der Waals surface area contributed by atoms with E-state index >= 15 is 0 Å². The minimum atomic E-state index is 0.202. The highest BCUT2D eigenvalue weighted by Gasteiger charge is 2.22. The third kappa shape index (κ3) is 3.02. The molecule has 108 valence electrons. The van der Waals surface area contributed by atoms with Crippen LogP contribution in [-0.2, 0) is 12.8 Å². The maximum atomic E-state index is 12.6. The summed E-state index contributed by atoms with van der Waals surface area (Å²) in [5, 5.41) is 0. The lowest BCUT2D eigenvalue weighted by molar-refractivity contribution is 0.0791. The van der Waals surface area contributed by atoms with Crippen molar-refractivity contribution in [3.63, 3.8) is 0 Å². The molecule has 0 unspecified atom stereocenters. The molecular weight excluding hydrogens is 248 g/mol. The Balaban J connectivity index is 1.85. The molecule has 3 heteroatoms. The van der Waals surface area contributed by atoms with Crippen LogP contribution < -0.4 is 0 Å². The van der Waals surface area contributed by atoms with Crippen LogP contribution in [-0.4, -0.2) is 28.9 Å². The Hall–Kier alpha value is -1.38. The largest absolute Gasteiger partial charge is 0.339 e. The molecule has 0 spiro atoms. The van der Waals surface area contributed by atoms with Gasteiger partial charge in [0.05, 0.1) is 5.56 Å². The monoisotopic (exact) mass is 272 g/mol. The zero-order valence-corrected chi connectivity index (χ0v) is 12.2. The summed E-state index contributed by atoms with van der Waals surface area (Å²) in [6.45, 7) is 1.83. The number of hydrogen-bond acceptors (Lipinski definition) is 2. The molecular formula is C17H24N2O. The van der Waals surface area contributed by atoms with Crippen LogP contribution in [0, 0.1) is 0 Å². The first kappa shape index (κ1) is 13.6. The van der Waals surface area contributed by atoms with Crippen molar-refractivity contribution in [3.8, 4) is 0 Å². The molecule has 3 nitrogen and oxygen atoms in total. The fourth-order valence-corrected chi connectivity index (χ4v) is 3.33. The number of carbonyl (C=O) groups excluding carboxylic acids is 1. The number of aryl methyl sites for hydroxylation is 2. The first-order chi connectivity index (χ1) is 9.84. The second-order valence-electron chi connectivity index (χ2n) is 6.10. The van der Waals surface area contributed by atoms with E-state index in [0.717, 1.165) is 44.3 Å². The van der Waals surface area contributed by atoms with E-state index in [1.54, 1.807) is 0 Å². The number of aromatic nitrogens is 1. The fourth-order valence-electron chi connectivity index (χ4n) is 3.33. The van der Waals surface area contributed by atoms with Crippen LogP contribution in [0.25, 0.3) is 0 Å². The van der Waals surface area contributed by atoms with E-state index in [0.29, 0.717) is 0 Å². The molecule has 2 bridgehead atoms. The number of pyridine rings is 1. The maximum Gasteiger partial charge on any atom is 0.255 e. The van der Waals surface area contributed by atoms with Crippen molar-refractivity contribution in [1.82, 2.24) is 9.88 Å². The van der Waals surface area contributed by atoms with Crippen molar-refractivity contribution in [2.75, 3.05) is 13.1 Å². The van der Waals surface area contributed by atoms with E-state index in [1.807, 2.05) is 11.1 Å². The van der Waals surface area contributed by atoms with Gasteiger partial charge in [-0.3, -0.25) is 9.78 Å². The fraction of sp³-hybridized carbons (Fsp3) is 0.647. The van der Waals surface area contributed by atoms with E-state index in [-0.39, 0.29) is 5.91 Å². The Labute approximate surface area is 121 Å². The van der Waals surface area contributed by atoms with Gasteiger partial charge in [-0.15, -0.1) is 0 Å². The molecule has 0 radical (unpaired) electrons. The summed E-state index contributed by atoms with van der Waals surface area (Å²) in [4.78, 5) is 19.1. The summed E-state index contributed by atoms with van der Waals surface area (Å²) in [5.41, 5.74) is 3.25. The highest BCUT2D eigenvalue weighted by Crippen LogP contribution is 2.21. The second-order valence-corrected chi connectivity index (χ2v) is 6.10. The summed E-state index contributed by atoms with van der Waals surface area (Å²) in [6.07, 6.45) is 12.6. The standard InChI is InChI=1S/C17H24N2O/c20-17(19-10-6-7-11-19)16-13-18-15-9-5-3-1-2-4-8-14(16)12-15/h12-13H,1-11H2. The molecule has 0 aromatic carbocycles. The third-order valence-electron chi connectivity index (χ3n) is 4.55. The van der Waals surface area contributed by atoms with Gasteiger partial charge < -0.3 is 4.90 Å². The molecule has 1 aliphatic heterocycles. The minimum absolute atomic E-state index is 0.202. The number of rotatable bonds is 1. The molecule has 0 saturated carbocycles. The number of fused-ring (bicyclic) bond motifs is 2. The lowest BCUT2D eigenvalue weighted by atomic mass is 9.97. The molecule has 20 heavy (non-hydrogen) atoms. The van der Waals surface area contributed by atoms with E-state index in [4.69, 9.17) is 0 Å². The van der Waals surface area contributed by atoms with Crippen LogP contribution in [0.1, 0.15) is 66.6 Å². The highest BCUT2D eigenvalue weighted by molar-refractivity contribution is 5.95. The van der Waals surface area contributed by atoms with E-state index in [9.17, 15) is 4.79 Å². The van der Waals surface area contributed by atoms with Gasteiger partial charge >= 0.3 is 0 Å². The molecule has 2 heterocycles. The van der Waals surface area contributed by atoms with Gasteiger partial charge in [-0.25, -0.2) is 0 Å². The summed E-state index contributed by atoms with van der Waals surface area (Å²) >= 11 is 0. The molecule has 0 N–H and O–H groups in total.